The molecule has 0 bridgehead atoms. The summed E-state index contributed by atoms with van der Waals surface area (Å²) in [5.41, 5.74) is 3.24. The van der Waals surface area contributed by atoms with E-state index >= 15 is 0 Å². The zero-order chi connectivity index (χ0) is 10.9. The fraction of sp³-hybridized carbons (Fsp3) is 0.750. The van der Waals surface area contributed by atoms with Crippen LogP contribution in [-0.2, 0) is 0 Å². The number of nitrogens with one attached hydrogen (secondary N) is 1. The molecule has 0 fully saturated rings. The van der Waals surface area contributed by atoms with Crippen molar-refractivity contribution in [1.29, 1.82) is 0 Å². The lowest BCUT2D eigenvalue weighted by Crippen LogP contribution is -2.35. The van der Waals surface area contributed by atoms with Gasteiger partial charge in [-0.15, -0.1) is 0 Å². The van der Waals surface area contributed by atoms with Crippen LogP contribution in [0.5, 0.6) is 0 Å². The van der Waals surface area contributed by atoms with Gasteiger partial charge in [-0.3, -0.25) is 0 Å². The summed E-state index contributed by atoms with van der Waals surface area (Å²) in [6.45, 7) is 10.2. The molecule has 2 nitrogen and oxygen atoms in total. The second-order valence-electron chi connectivity index (χ2n) is 4.32. The molecular weight excluding hydrogens is 172 g/mol. The standard InChI is InChI=1S/C12H24N2/c1-5-7-8-9-10-12(3,4)14-13-11-6-2/h6,11,14H,2,5,7-10H2,1,3-4H3. The normalized spacial score (nSPS) is 11.9. The molecule has 0 heterocycles. The lowest BCUT2D eigenvalue weighted by molar-refractivity contribution is 0.357. The minimum absolute atomic E-state index is 0.104. The molecule has 0 aliphatic heterocycles. The minimum atomic E-state index is 0.104. The van der Waals surface area contributed by atoms with Crippen LogP contribution >= 0.6 is 0 Å². The Morgan fingerprint density at radius 2 is 2.00 bits per heavy atom. The Kier molecular flexibility index (Phi) is 7.17. The lowest BCUT2D eigenvalue weighted by atomic mass is 9.97. The third-order valence-electron chi connectivity index (χ3n) is 2.20. The van der Waals surface area contributed by atoms with Gasteiger partial charge in [0.05, 0.1) is 0 Å². The van der Waals surface area contributed by atoms with Gasteiger partial charge in [-0.2, -0.15) is 5.10 Å². The van der Waals surface area contributed by atoms with Crippen LogP contribution in [0.4, 0.5) is 0 Å². The number of unbranched alkanes of at least 4 members (excludes halogenated alkanes) is 3. The zero-order valence-corrected chi connectivity index (χ0v) is 9.84. The quantitative estimate of drug-likeness (QED) is 0.359. The van der Waals surface area contributed by atoms with E-state index in [0.29, 0.717) is 0 Å². The molecule has 0 aliphatic rings. The van der Waals surface area contributed by atoms with Crippen LogP contribution in [-0.4, -0.2) is 11.8 Å². The molecular formula is C12H24N2. The highest BCUT2D eigenvalue weighted by Gasteiger charge is 2.14. The van der Waals surface area contributed by atoms with Gasteiger partial charge in [0.15, 0.2) is 0 Å². The van der Waals surface area contributed by atoms with Crippen molar-refractivity contribution in [2.24, 2.45) is 5.10 Å². The first-order valence-corrected chi connectivity index (χ1v) is 5.53. The van der Waals surface area contributed by atoms with Crippen LogP contribution in [0, 0.1) is 0 Å². The van der Waals surface area contributed by atoms with E-state index in [9.17, 15) is 0 Å². The first-order chi connectivity index (χ1) is 6.62. The summed E-state index contributed by atoms with van der Waals surface area (Å²) >= 11 is 0. The van der Waals surface area contributed by atoms with Crippen molar-refractivity contribution in [3.8, 4) is 0 Å². The Hall–Kier alpha value is -0.790. The fourth-order valence-corrected chi connectivity index (χ4v) is 1.31. The van der Waals surface area contributed by atoms with Crippen molar-refractivity contribution in [2.45, 2.75) is 58.4 Å². The number of nitrogens with zero attached hydrogens (tertiary/aromatic N) is 1. The van der Waals surface area contributed by atoms with Crippen LogP contribution in [0.25, 0.3) is 0 Å². The van der Waals surface area contributed by atoms with Crippen LogP contribution in [0.2, 0.25) is 0 Å². The predicted molar refractivity (Wildman–Crippen MR) is 64.7 cm³/mol. The molecule has 0 atom stereocenters. The molecule has 0 aromatic heterocycles. The average molecular weight is 196 g/mol. The number of hydrazone groups is 1. The lowest BCUT2D eigenvalue weighted by Gasteiger charge is -2.23. The van der Waals surface area contributed by atoms with Gasteiger partial charge in [0.2, 0.25) is 0 Å². The first kappa shape index (κ1) is 13.2. The number of hydrogen-bond donors (Lipinski definition) is 1. The molecule has 2 heteroatoms. The molecule has 0 aromatic carbocycles. The highest BCUT2D eigenvalue weighted by Crippen LogP contribution is 2.14. The number of allylic oxidation sites excluding steroid dienone is 1. The van der Waals surface area contributed by atoms with Crippen molar-refractivity contribution in [3.05, 3.63) is 12.7 Å². The second kappa shape index (κ2) is 7.60. The van der Waals surface area contributed by atoms with Gasteiger partial charge in [0, 0.05) is 11.8 Å². The van der Waals surface area contributed by atoms with Gasteiger partial charge in [-0.05, 0) is 26.3 Å². The molecule has 0 aromatic rings. The van der Waals surface area contributed by atoms with E-state index in [0.717, 1.165) is 0 Å². The maximum Gasteiger partial charge on any atom is 0.0492 e. The zero-order valence-electron chi connectivity index (χ0n) is 9.84. The van der Waals surface area contributed by atoms with Crippen molar-refractivity contribution < 1.29 is 0 Å². The maximum atomic E-state index is 4.07. The summed E-state index contributed by atoms with van der Waals surface area (Å²) in [6.07, 6.45) is 9.77. The van der Waals surface area contributed by atoms with Crippen LogP contribution in [0.1, 0.15) is 52.9 Å². The van der Waals surface area contributed by atoms with Crippen LogP contribution in [0.3, 0.4) is 0 Å². The minimum Gasteiger partial charge on any atom is -0.305 e. The van der Waals surface area contributed by atoms with Crippen molar-refractivity contribution in [1.82, 2.24) is 5.43 Å². The average Bonchev–Trinajstić information content (AvgIpc) is 2.13. The molecule has 0 saturated carbocycles. The molecule has 0 aliphatic carbocycles. The molecule has 1 N–H and O–H groups in total. The Labute approximate surface area is 88.5 Å². The molecule has 0 amide bonds. The fourth-order valence-electron chi connectivity index (χ4n) is 1.31. The first-order valence-electron chi connectivity index (χ1n) is 5.53. The summed E-state index contributed by atoms with van der Waals surface area (Å²) in [6, 6.07) is 0. The van der Waals surface area contributed by atoms with E-state index < -0.39 is 0 Å². The topological polar surface area (TPSA) is 24.4 Å². The molecule has 0 unspecified atom stereocenters. The van der Waals surface area contributed by atoms with Crippen molar-refractivity contribution in [2.75, 3.05) is 0 Å². The van der Waals surface area contributed by atoms with Gasteiger partial charge < -0.3 is 5.43 Å². The molecule has 82 valence electrons. The van der Waals surface area contributed by atoms with Crippen molar-refractivity contribution in [3.63, 3.8) is 0 Å². The molecule has 0 saturated heterocycles. The molecule has 14 heavy (non-hydrogen) atoms. The van der Waals surface area contributed by atoms with Crippen LogP contribution < -0.4 is 5.43 Å². The highest BCUT2D eigenvalue weighted by atomic mass is 15.3. The van der Waals surface area contributed by atoms with Gasteiger partial charge in [-0.1, -0.05) is 39.2 Å². The van der Waals surface area contributed by atoms with E-state index in [1.807, 2.05) is 0 Å². The highest BCUT2D eigenvalue weighted by molar-refractivity contribution is 5.69. The maximum absolute atomic E-state index is 4.07. The van der Waals surface area contributed by atoms with E-state index in [4.69, 9.17) is 0 Å². The molecule has 0 rings (SSSR count). The Morgan fingerprint density at radius 3 is 2.57 bits per heavy atom. The van der Waals surface area contributed by atoms with E-state index in [-0.39, 0.29) is 5.54 Å². The molecule has 0 spiro atoms. The SMILES string of the molecule is C=CC=NNC(C)(C)CCCCCC. The van der Waals surface area contributed by atoms with Gasteiger partial charge in [0.1, 0.15) is 0 Å². The summed E-state index contributed by atoms with van der Waals surface area (Å²) < 4.78 is 0. The van der Waals surface area contributed by atoms with Gasteiger partial charge in [0.25, 0.3) is 0 Å². The van der Waals surface area contributed by atoms with Crippen LogP contribution in [0.15, 0.2) is 17.8 Å². The van der Waals surface area contributed by atoms with Gasteiger partial charge >= 0.3 is 0 Å². The smallest absolute Gasteiger partial charge is 0.0492 e. The Morgan fingerprint density at radius 1 is 1.29 bits per heavy atom. The van der Waals surface area contributed by atoms with Crippen molar-refractivity contribution >= 4 is 6.21 Å². The monoisotopic (exact) mass is 196 g/mol. The summed E-state index contributed by atoms with van der Waals surface area (Å²) in [5, 5.41) is 4.07. The third-order valence-corrected chi connectivity index (χ3v) is 2.20. The summed E-state index contributed by atoms with van der Waals surface area (Å²) in [7, 11) is 0. The second-order valence-corrected chi connectivity index (χ2v) is 4.32. The molecule has 0 radical (unpaired) electrons. The third kappa shape index (κ3) is 7.84. The predicted octanol–water partition coefficient (Wildman–Crippen LogP) is 3.50. The van der Waals surface area contributed by atoms with E-state index in [1.54, 1.807) is 12.3 Å². The van der Waals surface area contributed by atoms with E-state index in [2.05, 4.69) is 37.9 Å². The number of hydrogen-bond acceptors (Lipinski definition) is 2. The van der Waals surface area contributed by atoms with Gasteiger partial charge in [-0.25, -0.2) is 0 Å². The Bertz CT molecular complexity index is 171. The van der Waals surface area contributed by atoms with E-state index in [1.165, 1.54) is 32.1 Å². The largest absolute Gasteiger partial charge is 0.305 e. The summed E-state index contributed by atoms with van der Waals surface area (Å²) in [4.78, 5) is 0. The number of rotatable bonds is 8. The Balaban J connectivity index is 3.60. The summed E-state index contributed by atoms with van der Waals surface area (Å²) in [5.74, 6) is 0.